The summed E-state index contributed by atoms with van der Waals surface area (Å²) < 4.78 is 1.51. The van der Waals surface area contributed by atoms with Crippen LogP contribution in [0.5, 0.6) is 0 Å². The van der Waals surface area contributed by atoms with Crippen molar-refractivity contribution in [3.63, 3.8) is 0 Å². The molecule has 0 aliphatic carbocycles. The van der Waals surface area contributed by atoms with Crippen LogP contribution in [0.4, 0.5) is 0 Å². The monoisotopic (exact) mass is 356 g/mol. The van der Waals surface area contributed by atoms with E-state index >= 15 is 0 Å². The molecule has 23 heavy (non-hydrogen) atoms. The molecule has 3 heterocycles. The minimum absolute atomic E-state index is 0. The van der Waals surface area contributed by atoms with E-state index in [0.29, 0.717) is 30.8 Å². The first kappa shape index (κ1) is 17.9. The van der Waals surface area contributed by atoms with Crippen LogP contribution >= 0.6 is 23.7 Å². The van der Waals surface area contributed by atoms with Crippen LogP contribution in [0.15, 0.2) is 22.6 Å². The first-order valence-corrected chi connectivity index (χ1v) is 8.52. The Balaban J connectivity index is 0.00000192. The minimum atomic E-state index is -0.0736. The van der Waals surface area contributed by atoms with Gasteiger partial charge < -0.3 is 10.6 Å². The first-order chi connectivity index (χ1) is 10.7. The van der Waals surface area contributed by atoms with Gasteiger partial charge in [-0.2, -0.15) is 0 Å². The number of rotatable bonds is 5. The number of hydrogen-bond donors (Lipinski definition) is 2. The summed E-state index contributed by atoms with van der Waals surface area (Å²) in [7, 11) is 0. The van der Waals surface area contributed by atoms with Gasteiger partial charge in [-0.25, -0.2) is 4.98 Å². The molecule has 2 aromatic rings. The van der Waals surface area contributed by atoms with E-state index in [1.807, 2.05) is 5.38 Å². The number of fused-ring (bicyclic) bond motifs is 1. The van der Waals surface area contributed by atoms with Crippen molar-refractivity contribution in [2.45, 2.75) is 25.8 Å². The smallest absolute Gasteiger partial charge is 0.262 e. The topological polar surface area (TPSA) is 76.0 Å². The molecule has 8 heteroatoms. The Morgan fingerprint density at radius 3 is 3.17 bits per heavy atom. The van der Waals surface area contributed by atoms with E-state index in [2.05, 4.69) is 15.6 Å². The van der Waals surface area contributed by atoms with Crippen molar-refractivity contribution >= 4 is 39.9 Å². The quantitative estimate of drug-likeness (QED) is 0.848. The molecule has 1 saturated heterocycles. The SMILES string of the molecule is Cl.O=C(CCn1cnc2sccc2c1=O)NCC1CCCNC1. The van der Waals surface area contributed by atoms with Gasteiger partial charge in [-0.15, -0.1) is 23.7 Å². The molecule has 2 aromatic heterocycles. The number of aryl methyl sites for hydroxylation is 1. The maximum atomic E-state index is 12.2. The van der Waals surface area contributed by atoms with Crippen LogP contribution in [0, 0.1) is 5.92 Å². The molecule has 1 aliphatic heterocycles. The summed E-state index contributed by atoms with van der Waals surface area (Å²) >= 11 is 1.45. The molecule has 0 saturated carbocycles. The molecule has 3 rings (SSSR count). The number of amides is 1. The normalized spacial score (nSPS) is 17.7. The van der Waals surface area contributed by atoms with Crippen molar-refractivity contribution in [3.8, 4) is 0 Å². The first-order valence-electron chi connectivity index (χ1n) is 7.64. The Kier molecular flexibility index (Phi) is 6.56. The fourth-order valence-corrected chi connectivity index (χ4v) is 3.44. The second-order valence-electron chi connectivity index (χ2n) is 5.65. The van der Waals surface area contributed by atoms with Gasteiger partial charge in [0.2, 0.25) is 5.91 Å². The lowest BCUT2D eigenvalue weighted by atomic mass is 10.00. The van der Waals surface area contributed by atoms with Crippen LogP contribution in [0.2, 0.25) is 0 Å². The Morgan fingerprint density at radius 2 is 2.39 bits per heavy atom. The number of halogens is 1. The van der Waals surface area contributed by atoms with Gasteiger partial charge in [-0.05, 0) is 43.3 Å². The molecule has 0 radical (unpaired) electrons. The zero-order valence-electron chi connectivity index (χ0n) is 12.8. The molecule has 0 bridgehead atoms. The van der Waals surface area contributed by atoms with Gasteiger partial charge in [0.25, 0.3) is 5.56 Å². The summed E-state index contributed by atoms with van der Waals surface area (Å²) in [5.74, 6) is 0.507. The minimum Gasteiger partial charge on any atom is -0.356 e. The van der Waals surface area contributed by atoms with Gasteiger partial charge in [0, 0.05) is 19.5 Å². The lowest BCUT2D eigenvalue weighted by molar-refractivity contribution is -0.121. The van der Waals surface area contributed by atoms with E-state index < -0.39 is 0 Å². The molecular weight excluding hydrogens is 336 g/mol. The summed E-state index contributed by atoms with van der Waals surface area (Å²) in [4.78, 5) is 29.1. The fourth-order valence-electron chi connectivity index (χ4n) is 2.72. The molecule has 1 fully saturated rings. The average Bonchev–Trinajstić information content (AvgIpc) is 3.03. The van der Waals surface area contributed by atoms with Gasteiger partial charge in [0.1, 0.15) is 4.83 Å². The number of nitrogens with zero attached hydrogens (tertiary/aromatic N) is 2. The second-order valence-corrected chi connectivity index (χ2v) is 6.54. The van der Waals surface area contributed by atoms with E-state index in [4.69, 9.17) is 0 Å². The summed E-state index contributed by atoms with van der Waals surface area (Å²) in [6.45, 7) is 3.12. The predicted octanol–water partition coefficient (Wildman–Crippen LogP) is 1.39. The van der Waals surface area contributed by atoms with Crippen LogP contribution < -0.4 is 16.2 Å². The van der Waals surface area contributed by atoms with Crippen LogP contribution in [-0.4, -0.2) is 35.1 Å². The highest BCUT2D eigenvalue weighted by Crippen LogP contribution is 2.13. The van der Waals surface area contributed by atoms with E-state index in [0.717, 1.165) is 24.3 Å². The van der Waals surface area contributed by atoms with Gasteiger partial charge in [-0.1, -0.05) is 0 Å². The van der Waals surface area contributed by atoms with Crippen molar-refractivity contribution in [1.29, 1.82) is 0 Å². The van der Waals surface area contributed by atoms with Crippen molar-refractivity contribution in [2.75, 3.05) is 19.6 Å². The molecule has 1 unspecified atom stereocenters. The van der Waals surface area contributed by atoms with Gasteiger partial charge in [0.15, 0.2) is 0 Å². The predicted molar refractivity (Wildman–Crippen MR) is 94.3 cm³/mol. The number of aromatic nitrogens is 2. The third-order valence-electron chi connectivity index (χ3n) is 4.02. The van der Waals surface area contributed by atoms with Crippen LogP contribution in [-0.2, 0) is 11.3 Å². The van der Waals surface area contributed by atoms with E-state index in [1.54, 1.807) is 6.07 Å². The standard InChI is InChI=1S/C15H20N4O2S.ClH/c20-13(17-9-11-2-1-5-16-8-11)3-6-19-10-18-14-12(15(19)21)4-7-22-14;/h4,7,10-11,16H,1-3,5-6,8-9H2,(H,17,20);1H. The van der Waals surface area contributed by atoms with Crippen molar-refractivity contribution in [1.82, 2.24) is 20.2 Å². The van der Waals surface area contributed by atoms with Gasteiger partial charge in [-0.3, -0.25) is 14.2 Å². The molecule has 1 amide bonds. The number of nitrogens with one attached hydrogen (secondary N) is 2. The molecular formula is C15H21ClN4O2S. The van der Waals surface area contributed by atoms with Crippen molar-refractivity contribution in [3.05, 3.63) is 28.1 Å². The number of thiophene rings is 1. The molecule has 0 aromatic carbocycles. The summed E-state index contributed by atoms with van der Waals surface area (Å²) in [5, 5.41) is 8.78. The number of piperidine rings is 1. The maximum Gasteiger partial charge on any atom is 0.262 e. The van der Waals surface area contributed by atoms with Crippen LogP contribution in [0.1, 0.15) is 19.3 Å². The fraction of sp³-hybridized carbons (Fsp3) is 0.533. The molecule has 0 spiro atoms. The summed E-state index contributed by atoms with van der Waals surface area (Å²) in [6.07, 6.45) is 4.16. The van der Waals surface area contributed by atoms with Crippen LogP contribution in [0.25, 0.3) is 10.2 Å². The Morgan fingerprint density at radius 1 is 1.52 bits per heavy atom. The third kappa shape index (κ3) is 4.53. The number of carbonyl (C=O) groups is 1. The van der Waals surface area contributed by atoms with Crippen molar-refractivity contribution in [2.24, 2.45) is 5.92 Å². The zero-order valence-corrected chi connectivity index (χ0v) is 14.4. The van der Waals surface area contributed by atoms with Crippen molar-refractivity contribution < 1.29 is 4.79 Å². The highest BCUT2D eigenvalue weighted by molar-refractivity contribution is 7.16. The summed E-state index contributed by atoms with van der Waals surface area (Å²) in [5.41, 5.74) is -0.0736. The van der Waals surface area contributed by atoms with E-state index in [1.165, 1.54) is 28.7 Å². The molecule has 2 N–H and O–H groups in total. The second kappa shape index (κ2) is 8.42. The lowest BCUT2D eigenvalue weighted by Gasteiger charge is -2.22. The van der Waals surface area contributed by atoms with E-state index in [-0.39, 0.29) is 23.9 Å². The lowest BCUT2D eigenvalue weighted by Crippen LogP contribution is -2.38. The molecule has 1 aliphatic rings. The molecule has 1 atom stereocenters. The highest BCUT2D eigenvalue weighted by Gasteiger charge is 2.14. The van der Waals surface area contributed by atoms with E-state index in [9.17, 15) is 9.59 Å². The Hall–Kier alpha value is -1.44. The Labute approximate surface area is 144 Å². The Bertz CT molecular complexity index is 709. The van der Waals surface area contributed by atoms with Gasteiger partial charge >= 0.3 is 0 Å². The van der Waals surface area contributed by atoms with Crippen LogP contribution in [0.3, 0.4) is 0 Å². The largest absolute Gasteiger partial charge is 0.356 e. The third-order valence-corrected chi connectivity index (χ3v) is 4.84. The zero-order chi connectivity index (χ0) is 15.4. The number of hydrogen-bond acceptors (Lipinski definition) is 5. The molecule has 6 nitrogen and oxygen atoms in total. The maximum absolute atomic E-state index is 12.2. The highest BCUT2D eigenvalue weighted by atomic mass is 35.5. The molecule has 126 valence electrons. The average molecular weight is 357 g/mol. The summed E-state index contributed by atoms with van der Waals surface area (Å²) in [6, 6.07) is 1.78. The van der Waals surface area contributed by atoms with Gasteiger partial charge in [0.05, 0.1) is 11.7 Å². The number of carbonyl (C=O) groups excluding carboxylic acids is 1.